The molecule has 0 bridgehead atoms. The minimum absolute atomic E-state index is 0.157. The van der Waals surface area contributed by atoms with E-state index in [0.29, 0.717) is 23.2 Å². The van der Waals surface area contributed by atoms with Gasteiger partial charge in [0.1, 0.15) is 0 Å². The minimum atomic E-state index is -3.33. The molecule has 0 aliphatic heterocycles. The van der Waals surface area contributed by atoms with Gasteiger partial charge in [0.05, 0.1) is 29.6 Å². The van der Waals surface area contributed by atoms with Crippen LogP contribution in [0.15, 0.2) is 18.2 Å². The SMILES string of the molecule is COCC(Nc1ccc(NS(C)(=O)=O)c(Cl)c1)C(C)C. The molecule has 5 nitrogen and oxygen atoms in total. The molecule has 1 unspecified atom stereocenters. The summed E-state index contributed by atoms with van der Waals surface area (Å²) in [6.07, 6.45) is 1.09. The van der Waals surface area contributed by atoms with Gasteiger partial charge in [0.2, 0.25) is 10.0 Å². The van der Waals surface area contributed by atoms with Crippen LogP contribution in [0, 0.1) is 5.92 Å². The van der Waals surface area contributed by atoms with E-state index in [1.807, 2.05) is 0 Å². The summed E-state index contributed by atoms with van der Waals surface area (Å²) in [5.41, 5.74) is 1.19. The maximum absolute atomic E-state index is 11.2. The Morgan fingerprint density at radius 2 is 2.00 bits per heavy atom. The van der Waals surface area contributed by atoms with E-state index in [9.17, 15) is 8.42 Å². The lowest BCUT2D eigenvalue weighted by Gasteiger charge is -2.23. The molecule has 0 saturated carbocycles. The Hall–Kier alpha value is -0.980. The molecule has 1 rings (SSSR count). The smallest absolute Gasteiger partial charge is 0.229 e. The fourth-order valence-electron chi connectivity index (χ4n) is 1.68. The van der Waals surface area contributed by atoms with Crippen molar-refractivity contribution < 1.29 is 13.2 Å². The third kappa shape index (κ3) is 5.56. The standard InChI is InChI=1S/C13H21ClN2O3S/c1-9(2)13(8-19-3)15-10-5-6-12(11(14)7-10)16-20(4,17)18/h5-7,9,13,15-16H,8H2,1-4H3. The zero-order valence-electron chi connectivity index (χ0n) is 12.1. The summed E-state index contributed by atoms with van der Waals surface area (Å²) in [6.45, 7) is 4.77. The number of ether oxygens (including phenoxy) is 1. The highest BCUT2D eigenvalue weighted by molar-refractivity contribution is 7.92. The van der Waals surface area contributed by atoms with Crippen molar-refractivity contribution in [1.82, 2.24) is 0 Å². The second kappa shape index (κ2) is 7.15. The van der Waals surface area contributed by atoms with Crippen LogP contribution in [0.1, 0.15) is 13.8 Å². The molecule has 7 heteroatoms. The van der Waals surface area contributed by atoms with Gasteiger partial charge in [0.15, 0.2) is 0 Å². The Balaban J connectivity index is 2.86. The molecule has 0 aliphatic rings. The van der Waals surface area contributed by atoms with Gasteiger partial charge in [-0.3, -0.25) is 4.72 Å². The Morgan fingerprint density at radius 3 is 2.45 bits per heavy atom. The van der Waals surface area contributed by atoms with Crippen molar-refractivity contribution in [2.75, 3.05) is 30.0 Å². The molecule has 1 atom stereocenters. The number of hydrogen-bond acceptors (Lipinski definition) is 4. The van der Waals surface area contributed by atoms with Crippen molar-refractivity contribution >= 4 is 33.0 Å². The number of nitrogens with one attached hydrogen (secondary N) is 2. The van der Waals surface area contributed by atoms with E-state index in [4.69, 9.17) is 16.3 Å². The van der Waals surface area contributed by atoms with Gasteiger partial charge in [-0.25, -0.2) is 8.42 Å². The van der Waals surface area contributed by atoms with Gasteiger partial charge in [-0.1, -0.05) is 25.4 Å². The number of sulfonamides is 1. The van der Waals surface area contributed by atoms with Gasteiger partial charge < -0.3 is 10.1 Å². The molecule has 0 amide bonds. The summed E-state index contributed by atoms with van der Waals surface area (Å²) in [4.78, 5) is 0. The number of methoxy groups -OCH3 is 1. The maximum atomic E-state index is 11.2. The van der Waals surface area contributed by atoms with Crippen molar-refractivity contribution in [1.29, 1.82) is 0 Å². The van der Waals surface area contributed by atoms with Crippen LogP contribution in [0.4, 0.5) is 11.4 Å². The molecule has 0 aliphatic carbocycles. The molecular formula is C13H21ClN2O3S. The molecule has 0 saturated heterocycles. The summed E-state index contributed by atoms with van der Waals surface area (Å²) in [5.74, 6) is 0.391. The molecule has 1 aromatic rings. The Kier molecular flexibility index (Phi) is 6.10. The molecule has 0 spiro atoms. The molecule has 0 radical (unpaired) electrons. The predicted molar refractivity (Wildman–Crippen MR) is 84.0 cm³/mol. The normalized spacial score (nSPS) is 13.3. The van der Waals surface area contributed by atoms with Crippen molar-refractivity contribution in [3.63, 3.8) is 0 Å². The number of benzene rings is 1. The molecule has 20 heavy (non-hydrogen) atoms. The Bertz CT molecular complexity index is 547. The van der Waals surface area contributed by atoms with Crippen LogP contribution in [-0.4, -0.2) is 34.4 Å². The first kappa shape index (κ1) is 17.1. The average molecular weight is 321 g/mol. The van der Waals surface area contributed by atoms with Crippen molar-refractivity contribution in [2.24, 2.45) is 5.92 Å². The molecular weight excluding hydrogens is 300 g/mol. The Morgan fingerprint density at radius 1 is 1.35 bits per heavy atom. The van der Waals surface area contributed by atoms with Crippen LogP contribution in [0.2, 0.25) is 5.02 Å². The van der Waals surface area contributed by atoms with Crippen LogP contribution >= 0.6 is 11.6 Å². The molecule has 0 heterocycles. The van der Waals surface area contributed by atoms with Gasteiger partial charge in [0.25, 0.3) is 0 Å². The largest absolute Gasteiger partial charge is 0.383 e. The lowest BCUT2D eigenvalue weighted by molar-refractivity contribution is 0.171. The van der Waals surface area contributed by atoms with E-state index < -0.39 is 10.0 Å². The molecule has 0 fully saturated rings. The topological polar surface area (TPSA) is 67.4 Å². The second-order valence-corrected chi connectivity index (χ2v) is 7.17. The highest BCUT2D eigenvalue weighted by Crippen LogP contribution is 2.27. The number of hydrogen-bond donors (Lipinski definition) is 2. The fraction of sp³-hybridized carbons (Fsp3) is 0.538. The zero-order chi connectivity index (χ0) is 15.3. The zero-order valence-corrected chi connectivity index (χ0v) is 13.7. The first-order valence-corrected chi connectivity index (χ1v) is 8.52. The molecule has 114 valence electrons. The number of halogens is 1. The number of anilines is 2. The predicted octanol–water partition coefficient (Wildman–Crippen LogP) is 2.79. The summed E-state index contributed by atoms with van der Waals surface area (Å²) in [7, 11) is -1.68. The third-order valence-corrected chi connectivity index (χ3v) is 3.67. The maximum Gasteiger partial charge on any atom is 0.229 e. The van der Waals surface area contributed by atoms with E-state index in [1.165, 1.54) is 0 Å². The van der Waals surface area contributed by atoms with Crippen LogP contribution in [0.25, 0.3) is 0 Å². The summed E-state index contributed by atoms with van der Waals surface area (Å²) in [5, 5.41) is 3.67. The second-order valence-electron chi connectivity index (χ2n) is 5.02. The summed E-state index contributed by atoms with van der Waals surface area (Å²) >= 11 is 6.08. The van der Waals surface area contributed by atoms with Crippen molar-refractivity contribution in [2.45, 2.75) is 19.9 Å². The minimum Gasteiger partial charge on any atom is -0.383 e. The molecule has 1 aromatic carbocycles. The van der Waals surface area contributed by atoms with E-state index >= 15 is 0 Å². The van der Waals surface area contributed by atoms with Gasteiger partial charge in [0, 0.05) is 12.8 Å². The first-order valence-electron chi connectivity index (χ1n) is 6.25. The highest BCUT2D eigenvalue weighted by atomic mass is 35.5. The van der Waals surface area contributed by atoms with E-state index in [2.05, 4.69) is 23.9 Å². The van der Waals surface area contributed by atoms with Crippen LogP contribution in [0.5, 0.6) is 0 Å². The van der Waals surface area contributed by atoms with E-state index in [1.54, 1.807) is 25.3 Å². The van der Waals surface area contributed by atoms with Gasteiger partial charge in [-0.2, -0.15) is 0 Å². The summed E-state index contributed by atoms with van der Waals surface area (Å²) in [6, 6.07) is 5.27. The van der Waals surface area contributed by atoms with Crippen LogP contribution in [-0.2, 0) is 14.8 Å². The third-order valence-electron chi connectivity index (χ3n) is 2.77. The first-order chi connectivity index (χ1) is 9.23. The fourth-order valence-corrected chi connectivity index (χ4v) is 2.54. The highest BCUT2D eigenvalue weighted by Gasteiger charge is 2.14. The Labute approximate surface area is 125 Å². The quantitative estimate of drug-likeness (QED) is 0.810. The van der Waals surface area contributed by atoms with Crippen molar-refractivity contribution in [3.8, 4) is 0 Å². The lowest BCUT2D eigenvalue weighted by Crippen LogP contribution is -2.30. The molecule has 2 N–H and O–H groups in total. The summed E-state index contributed by atoms with van der Waals surface area (Å²) < 4.78 is 29.9. The molecule has 0 aromatic heterocycles. The van der Waals surface area contributed by atoms with Gasteiger partial charge in [-0.15, -0.1) is 0 Å². The monoisotopic (exact) mass is 320 g/mol. The lowest BCUT2D eigenvalue weighted by atomic mass is 10.1. The average Bonchev–Trinajstić information content (AvgIpc) is 2.30. The van der Waals surface area contributed by atoms with Crippen LogP contribution < -0.4 is 10.0 Å². The van der Waals surface area contributed by atoms with Gasteiger partial charge >= 0.3 is 0 Å². The van der Waals surface area contributed by atoms with Crippen LogP contribution in [0.3, 0.4) is 0 Å². The van der Waals surface area contributed by atoms with E-state index in [-0.39, 0.29) is 6.04 Å². The van der Waals surface area contributed by atoms with Gasteiger partial charge in [-0.05, 0) is 24.1 Å². The number of rotatable bonds is 7. The van der Waals surface area contributed by atoms with Crippen molar-refractivity contribution in [3.05, 3.63) is 23.2 Å². The van der Waals surface area contributed by atoms with E-state index in [0.717, 1.165) is 11.9 Å².